The number of thioether (sulfide) groups is 1. The van der Waals surface area contributed by atoms with Gasteiger partial charge < -0.3 is 24.2 Å². The third-order valence-electron chi connectivity index (χ3n) is 11.9. The first-order valence-corrected chi connectivity index (χ1v) is 20.6. The summed E-state index contributed by atoms with van der Waals surface area (Å²) in [5, 5.41) is 0.605. The zero-order chi connectivity index (χ0) is 39.5. The molecule has 0 radical (unpaired) electrons. The van der Waals surface area contributed by atoms with Crippen LogP contribution < -0.4 is 19.3 Å². The van der Waals surface area contributed by atoms with Crippen molar-refractivity contribution in [1.29, 1.82) is 0 Å². The molecule has 3 aliphatic rings. The number of carbonyl (C=O) groups excluding carboxylic acids is 2. The van der Waals surface area contributed by atoms with Crippen LogP contribution >= 0.6 is 11.8 Å². The molecule has 8 rings (SSSR count). The van der Waals surface area contributed by atoms with Crippen LogP contribution in [0.3, 0.4) is 0 Å². The van der Waals surface area contributed by atoms with Gasteiger partial charge in [0, 0.05) is 85.4 Å². The van der Waals surface area contributed by atoms with Crippen LogP contribution in [-0.4, -0.2) is 78.6 Å². The summed E-state index contributed by atoms with van der Waals surface area (Å²) in [6.07, 6.45) is 9.58. The maximum atomic E-state index is 14.9. The van der Waals surface area contributed by atoms with E-state index in [4.69, 9.17) is 9.47 Å². The number of amides is 2. The molecule has 1 spiro atoms. The molecule has 5 heterocycles. The number of aryl methyl sites for hydroxylation is 1. The largest absolute Gasteiger partial charge is 0.497 e. The van der Waals surface area contributed by atoms with E-state index in [1.165, 1.54) is 23.4 Å². The molecule has 5 aromatic rings. The fourth-order valence-corrected chi connectivity index (χ4v) is 9.51. The van der Waals surface area contributed by atoms with E-state index in [1.54, 1.807) is 49.6 Å². The molecule has 10 nitrogen and oxygen atoms in total. The van der Waals surface area contributed by atoms with Crippen molar-refractivity contribution in [3.8, 4) is 11.5 Å². The first-order chi connectivity index (χ1) is 27.8. The van der Waals surface area contributed by atoms with Crippen molar-refractivity contribution in [3.63, 3.8) is 0 Å². The molecule has 2 fully saturated rings. The third-order valence-corrected chi connectivity index (χ3v) is 12.9. The number of likely N-dealkylation sites (tertiary alicyclic amines) is 1. The van der Waals surface area contributed by atoms with Crippen molar-refractivity contribution >= 4 is 35.2 Å². The molecule has 12 heteroatoms. The molecule has 0 aliphatic carbocycles. The Morgan fingerprint density at radius 2 is 1.67 bits per heavy atom. The summed E-state index contributed by atoms with van der Waals surface area (Å²) in [7, 11) is 3.23. The summed E-state index contributed by atoms with van der Waals surface area (Å²) in [6, 6.07) is 22.0. The lowest BCUT2D eigenvalue weighted by Crippen LogP contribution is -2.48. The van der Waals surface area contributed by atoms with Crippen molar-refractivity contribution in [2.24, 2.45) is 0 Å². The smallest absolute Gasteiger partial charge is 0.261 e. The lowest BCUT2D eigenvalue weighted by molar-refractivity contribution is 0.0670. The average Bonchev–Trinajstić information content (AvgIpc) is 3.57. The quantitative estimate of drug-likeness (QED) is 0.130. The first kappa shape index (κ1) is 38.4. The number of ether oxygens (including phenoxy) is 2. The summed E-state index contributed by atoms with van der Waals surface area (Å²) < 4.78 is 25.9. The fourth-order valence-electron chi connectivity index (χ4n) is 8.53. The van der Waals surface area contributed by atoms with Crippen molar-refractivity contribution in [1.82, 2.24) is 19.9 Å². The van der Waals surface area contributed by atoms with Crippen LogP contribution in [-0.2, 0) is 17.6 Å². The summed E-state index contributed by atoms with van der Waals surface area (Å²) in [5.41, 5.74) is 5.49. The fraction of sp³-hybridized carbons (Fsp3) is 0.356. The normalized spacial score (nSPS) is 16.5. The number of rotatable bonds is 10. The second-order valence-electron chi connectivity index (χ2n) is 15.1. The number of methoxy groups -OCH3 is 2. The minimum Gasteiger partial charge on any atom is -0.497 e. The molecular weight excluding hydrogens is 740 g/mol. The Morgan fingerprint density at radius 1 is 0.877 bits per heavy atom. The second kappa shape index (κ2) is 16.5. The Balaban J connectivity index is 0.940. The van der Waals surface area contributed by atoms with E-state index >= 15 is 0 Å². The summed E-state index contributed by atoms with van der Waals surface area (Å²) in [5.74, 6) is 2.55. The third kappa shape index (κ3) is 7.79. The molecule has 2 saturated heterocycles. The van der Waals surface area contributed by atoms with Gasteiger partial charge in [-0.05, 0) is 103 Å². The van der Waals surface area contributed by atoms with E-state index in [-0.39, 0.29) is 17.6 Å². The Kier molecular flexibility index (Phi) is 11.1. The number of carbonyl (C=O) groups is 2. The van der Waals surface area contributed by atoms with Crippen LogP contribution in [0.4, 0.5) is 16.0 Å². The molecular formula is C45H47FN6O4S. The predicted molar refractivity (Wildman–Crippen MR) is 220 cm³/mol. The Morgan fingerprint density at radius 3 is 2.40 bits per heavy atom. The van der Waals surface area contributed by atoms with Crippen molar-refractivity contribution < 1.29 is 23.5 Å². The molecule has 2 amide bonds. The number of hydrogen-bond acceptors (Lipinski definition) is 9. The summed E-state index contributed by atoms with van der Waals surface area (Å²) in [4.78, 5) is 48.2. The van der Waals surface area contributed by atoms with Gasteiger partial charge in [-0.2, -0.15) is 0 Å². The highest BCUT2D eigenvalue weighted by atomic mass is 32.2. The minimum absolute atomic E-state index is 0.00413. The number of piperidine rings is 2. The lowest BCUT2D eigenvalue weighted by Gasteiger charge is -2.40. The van der Waals surface area contributed by atoms with Crippen LogP contribution in [0.15, 0.2) is 96.4 Å². The minimum atomic E-state index is -0.480. The highest BCUT2D eigenvalue weighted by Gasteiger charge is 2.47. The molecule has 0 bridgehead atoms. The number of fused-ring (bicyclic) bond motifs is 2. The molecule has 0 unspecified atom stereocenters. The second-order valence-corrected chi connectivity index (χ2v) is 16.0. The van der Waals surface area contributed by atoms with Gasteiger partial charge in [-0.3, -0.25) is 9.59 Å². The van der Waals surface area contributed by atoms with Gasteiger partial charge in [0.2, 0.25) is 5.95 Å². The van der Waals surface area contributed by atoms with E-state index in [0.717, 1.165) is 55.0 Å². The zero-order valence-electron chi connectivity index (χ0n) is 32.6. The SMILES string of the molecule is CCc1cnc(N2CCC(c3cccc(C(=O)N4CCC5(CC4)CN(C(=O)c4cccnc4SCc4ccc(OC)cc4OC)c4ccc(F)cc45)c3)CC2)nc1. The molecule has 3 aromatic carbocycles. The number of benzene rings is 3. The zero-order valence-corrected chi connectivity index (χ0v) is 33.4. The molecule has 0 saturated carbocycles. The Labute approximate surface area is 337 Å². The molecule has 0 atom stereocenters. The van der Waals surface area contributed by atoms with Crippen LogP contribution in [0.5, 0.6) is 11.5 Å². The maximum absolute atomic E-state index is 14.9. The molecule has 0 N–H and O–H groups in total. The van der Waals surface area contributed by atoms with Crippen molar-refractivity contribution in [3.05, 3.63) is 131 Å². The number of halogens is 1. The van der Waals surface area contributed by atoms with E-state index < -0.39 is 5.41 Å². The van der Waals surface area contributed by atoms with Gasteiger partial charge in [0.05, 0.1) is 19.8 Å². The van der Waals surface area contributed by atoms with Gasteiger partial charge in [0.1, 0.15) is 22.3 Å². The Bertz CT molecular complexity index is 2260. The Hall–Kier alpha value is -5.49. The lowest BCUT2D eigenvalue weighted by atomic mass is 9.74. The molecule has 294 valence electrons. The molecule has 3 aliphatic heterocycles. The number of anilines is 2. The monoisotopic (exact) mass is 786 g/mol. The van der Waals surface area contributed by atoms with Crippen molar-refractivity contribution in [2.75, 3.05) is 56.7 Å². The summed E-state index contributed by atoms with van der Waals surface area (Å²) in [6.45, 7) is 5.25. The summed E-state index contributed by atoms with van der Waals surface area (Å²) >= 11 is 1.46. The number of pyridine rings is 1. The van der Waals surface area contributed by atoms with Crippen LogP contribution in [0, 0.1) is 5.82 Å². The highest BCUT2D eigenvalue weighted by molar-refractivity contribution is 7.98. The van der Waals surface area contributed by atoms with Gasteiger partial charge in [0.15, 0.2) is 0 Å². The molecule has 57 heavy (non-hydrogen) atoms. The number of nitrogens with zero attached hydrogens (tertiary/aromatic N) is 6. The number of aromatic nitrogens is 3. The van der Waals surface area contributed by atoms with Gasteiger partial charge in [0.25, 0.3) is 11.8 Å². The van der Waals surface area contributed by atoms with Crippen LogP contribution in [0.1, 0.15) is 81.5 Å². The van der Waals surface area contributed by atoms with Gasteiger partial charge in [-0.1, -0.05) is 25.1 Å². The van der Waals surface area contributed by atoms with Crippen LogP contribution in [0.25, 0.3) is 0 Å². The first-order valence-electron chi connectivity index (χ1n) is 19.6. The van der Waals surface area contributed by atoms with E-state index in [9.17, 15) is 14.0 Å². The van der Waals surface area contributed by atoms with Gasteiger partial charge in [-0.25, -0.2) is 19.3 Å². The topological polar surface area (TPSA) is 101 Å². The standard InChI is InChI=1S/C45H47FN6O4S/c1-4-30-26-48-44(49-27-30)51-19-14-31(15-20-51)32-7-5-8-33(23-32)42(53)50-21-16-45(17-22-50)29-52(39-13-11-35(46)24-38(39)45)43(54)37-9-6-18-47-41(37)57-28-34-10-12-36(55-2)25-40(34)56-3/h5-13,18,23-27,31H,4,14-17,19-22,28-29H2,1-3H3. The highest BCUT2D eigenvalue weighted by Crippen LogP contribution is 2.48. The number of hydrogen-bond donors (Lipinski definition) is 0. The van der Waals surface area contributed by atoms with Gasteiger partial charge in [-0.15, -0.1) is 11.8 Å². The molecule has 2 aromatic heterocycles. The van der Waals surface area contributed by atoms with E-state index in [1.807, 2.05) is 47.6 Å². The van der Waals surface area contributed by atoms with E-state index in [0.29, 0.717) is 77.5 Å². The van der Waals surface area contributed by atoms with Crippen LogP contribution in [0.2, 0.25) is 0 Å². The maximum Gasteiger partial charge on any atom is 0.261 e. The average molecular weight is 787 g/mol. The van der Waals surface area contributed by atoms with E-state index in [2.05, 4.69) is 38.9 Å². The predicted octanol–water partition coefficient (Wildman–Crippen LogP) is 8.10. The van der Waals surface area contributed by atoms with Gasteiger partial charge >= 0.3 is 0 Å². The van der Waals surface area contributed by atoms with Crippen molar-refractivity contribution in [2.45, 2.75) is 61.1 Å².